The third-order valence-corrected chi connectivity index (χ3v) is 2.58. The van der Waals surface area contributed by atoms with Gasteiger partial charge in [-0.25, -0.2) is 4.79 Å². The van der Waals surface area contributed by atoms with E-state index in [1.807, 2.05) is 24.3 Å². The van der Waals surface area contributed by atoms with Crippen LogP contribution in [0.2, 0.25) is 0 Å². The Morgan fingerprint density at radius 1 is 1.32 bits per heavy atom. The van der Waals surface area contributed by atoms with Crippen LogP contribution in [0.3, 0.4) is 0 Å². The Labute approximate surface area is 112 Å². The molecule has 1 aromatic rings. The monoisotopic (exact) mass is 265 g/mol. The van der Waals surface area contributed by atoms with Gasteiger partial charge in [-0.1, -0.05) is 6.08 Å². The second kappa shape index (κ2) is 7.43. The van der Waals surface area contributed by atoms with E-state index in [1.165, 1.54) is 13.2 Å². The van der Waals surface area contributed by atoms with Crippen molar-refractivity contribution in [2.75, 3.05) is 19.5 Å². The van der Waals surface area contributed by atoms with Crippen molar-refractivity contribution in [1.29, 1.82) is 0 Å². The van der Waals surface area contributed by atoms with Gasteiger partial charge in [-0.2, -0.15) is 0 Å². The van der Waals surface area contributed by atoms with Crippen LogP contribution in [0, 0.1) is 0 Å². The largest absolute Gasteiger partial charge is 0.497 e. The van der Waals surface area contributed by atoms with Gasteiger partial charge in [-0.05, 0) is 31.2 Å². The van der Waals surface area contributed by atoms with Crippen molar-refractivity contribution in [2.24, 2.45) is 0 Å². The van der Waals surface area contributed by atoms with E-state index < -0.39 is 12.1 Å². The molecule has 0 fully saturated rings. The summed E-state index contributed by atoms with van der Waals surface area (Å²) in [7, 11) is 2.90. The molecule has 1 rings (SSSR count). The molecule has 0 spiro atoms. The van der Waals surface area contributed by atoms with E-state index in [4.69, 9.17) is 4.74 Å². The summed E-state index contributed by atoms with van der Waals surface area (Å²) in [5, 5.41) is 12.8. The molecule has 1 aromatic carbocycles. The number of aliphatic hydroxyl groups is 1. The van der Waals surface area contributed by atoms with Gasteiger partial charge in [-0.3, -0.25) is 0 Å². The molecule has 5 heteroatoms. The minimum atomic E-state index is -0.650. The number of carbonyl (C=O) groups is 1. The Hall–Kier alpha value is -2.01. The number of ether oxygens (including phenoxy) is 2. The zero-order valence-electron chi connectivity index (χ0n) is 11.3. The number of hydrogen-bond donors (Lipinski definition) is 2. The van der Waals surface area contributed by atoms with Gasteiger partial charge < -0.3 is 19.9 Å². The summed E-state index contributed by atoms with van der Waals surface area (Å²) in [5.41, 5.74) is 0.821. The SMILES string of the molecule is COC(=O)/C=C/[C@@H](Nc1ccc(OC)cc1)[C@H](C)O. The highest BCUT2D eigenvalue weighted by atomic mass is 16.5. The van der Waals surface area contributed by atoms with Crippen molar-refractivity contribution in [1.82, 2.24) is 0 Å². The maximum Gasteiger partial charge on any atom is 0.330 e. The number of rotatable bonds is 6. The topological polar surface area (TPSA) is 67.8 Å². The number of nitrogens with one attached hydrogen (secondary N) is 1. The summed E-state index contributed by atoms with van der Waals surface area (Å²) in [6.07, 6.45) is 2.21. The molecule has 0 aliphatic carbocycles. The Balaban J connectivity index is 2.72. The fraction of sp³-hybridized carbons (Fsp3) is 0.357. The van der Waals surface area contributed by atoms with Crippen molar-refractivity contribution in [3.05, 3.63) is 36.4 Å². The van der Waals surface area contributed by atoms with Crippen molar-refractivity contribution in [3.63, 3.8) is 0 Å². The number of hydrogen-bond acceptors (Lipinski definition) is 5. The Morgan fingerprint density at radius 2 is 1.95 bits per heavy atom. The number of benzene rings is 1. The highest BCUT2D eigenvalue weighted by Crippen LogP contribution is 2.16. The number of aliphatic hydroxyl groups excluding tert-OH is 1. The molecule has 19 heavy (non-hydrogen) atoms. The second-order valence-corrected chi connectivity index (χ2v) is 4.02. The van der Waals surface area contributed by atoms with Gasteiger partial charge in [0.2, 0.25) is 0 Å². The standard InChI is InChI=1S/C14H19NO4/c1-10(16)13(8-9-14(17)19-3)15-11-4-6-12(18-2)7-5-11/h4-10,13,15-16H,1-3H3/b9-8+/t10-,13+/m0/s1. The van der Waals surface area contributed by atoms with Crippen LogP contribution in [-0.4, -0.2) is 37.4 Å². The van der Waals surface area contributed by atoms with Crippen LogP contribution in [0.1, 0.15) is 6.92 Å². The summed E-state index contributed by atoms with van der Waals surface area (Å²) < 4.78 is 9.57. The Bertz CT molecular complexity index is 426. The first kappa shape index (κ1) is 15.0. The molecule has 0 saturated carbocycles. The summed E-state index contributed by atoms with van der Waals surface area (Å²) in [6.45, 7) is 1.64. The van der Waals surface area contributed by atoms with Crippen LogP contribution in [0.25, 0.3) is 0 Å². The van der Waals surface area contributed by atoms with E-state index >= 15 is 0 Å². The van der Waals surface area contributed by atoms with E-state index in [-0.39, 0.29) is 6.04 Å². The minimum absolute atomic E-state index is 0.382. The maximum atomic E-state index is 11.0. The van der Waals surface area contributed by atoms with E-state index in [0.29, 0.717) is 0 Å². The van der Waals surface area contributed by atoms with Crippen molar-refractivity contribution in [3.8, 4) is 5.75 Å². The van der Waals surface area contributed by atoms with Gasteiger partial charge in [-0.15, -0.1) is 0 Å². The van der Waals surface area contributed by atoms with Crippen LogP contribution in [0.4, 0.5) is 5.69 Å². The highest BCUT2D eigenvalue weighted by Gasteiger charge is 2.11. The van der Waals surface area contributed by atoms with Gasteiger partial charge in [0.15, 0.2) is 0 Å². The smallest absolute Gasteiger partial charge is 0.330 e. The number of carbonyl (C=O) groups excluding carboxylic acids is 1. The Kier molecular flexibility index (Phi) is 5.89. The summed E-state index contributed by atoms with van der Waals surface area (Å²) in [5.74, 6) is 0.298. The minimum Gasteiger partial charge on any atom is -0.497 e. The summed E-state index contributed by atoms with van der Waals surface area (Å²) in [4.78, 5) is 11.0. The van der Waals surface area contributed by atoms with E-state index in [9.17, 15) is 9.90 Å². The molecule has 0 amide bonds. The van der Waals surface area contributed by atoms with Crippen LogP contribution in [0.5, 0.6) is 5.75 Å². The average Bonchev–Trinajstić information content (AvgIpc) is 2.43. The lowest BCUT2D eigenvalue weighted by molar-refractivity contribution is -0.134. The van der Waals surface area contributed by atoms with Crippen molar-refractivity contribution in [2.45, 2.75) is 19.1 Å². The molecule has 0 aliphatic rings. The molecule has 0 radical (unpaired) electrons. The van der Waals surface area contributed by atoms with E-state index in [0.717, 1.165) is 11.4 Å². The van der Waals surface area contributed by atoms with E-state index in [1.54, 1.807) is 20.1 Å². The molecule has 0 saturated heterocycles. The van der Waals surface area contributed by atoms with Crippen LogP contribution in [-0.2, 0) is 9.53 Å². The van der Waals surface area contributed by atoms with Crippen LogP contribution < -0.4 is 10.1 Å². The fourth-order valence-electron chi connectivity index (χ4n) is 1.46. The lowest BCUT2D eigenvalue weighted by Crippen LogP contribution is -2.29. The average molecular weight is 265 g/mol. The normalized spacial score (nSPS) is 13.9. The first-order chi connectivity index (χ1) is 9.06. The maximum absolute atomic E-state index is 11.0. The lowest BCUT2D eigenvalue weighted by atomic mass is 10.1. The van der Waals surface area contributed by atoms with Gasteiger partial charge in [0.25, 0.3) is 0 Å². The quantitative estimate of drug-likeness (QED) is 0.604. The molecule has 0 aromatic heterocycles. The molecule has 104 valence electrons. The molecule has 0 unspecified atom stereocenters. The lowest BCUT2D eigenvalue weighted by Gasteiger charge is -2.19. The molecule has 0 aliphatic heterocycles. The van der Waals surface area contributed by atoms with Gasteiger partial charge in [0, 0.05) is 11.8 Å². The third kappa shape index (κ3) is 5.01. The molecular weight excluding hydrogens is 246 g/mol. The summed E-state index contributed by atoms with van der Waals surface area (Å²) in [6, 6.07) is 6.91. The summed E-state index contributed by atoms with van der Waals surface area (Å²) >= 11 is 0. The molecule has 0 bridgehead atoms. The first-order valence-electron chi connectivity index (χ1n) is 5.91. The third-order valence-electron chi connectivity index (χ3n) is 2.58. The fourth-order valence-corrected chi connectivity index (χ4v) is 1.46. The zero-order valence-corrected chi connectivity index (χ0v) is 11.3. The van der Waals surface area contributed by atoms with Crippen LogP contribution in [0.15, 0.2) is 36.4 Å². The molecular formula is C14H19NO4. The van der Waals surface area contributed by atoms with Gasteiger partial charge in [0.1, 0.15) is 5.75 Å². The highest BCUT2D eigenvalue weighted by molar-refractivity contribution is 5.82. The molecule has 2 atom stereocenters. The van der Waals surface area contributed by atoms with Gasteiger partial charge >= 0.3 is 5.97 Å². The number of esters is 1. The number of methoxy groups -OCH3 is 2. The van der Waals surface area contributed by atoms with Crippen molar-refractivity contribution < 1.29 is 19.4 Å². The molecule has 5 nitrogen and oxygen atoms in total. The zero-order chi connectivity index (χ0) is 14.3. The molecule has 2 N–H and O–H groups in total. The predicted octanol–water partition coefficient (Wildman–Crippen LogP) is 1.59. The number of anilines is 1. The van der Waals surface area contributed by atoms with E-state index in [2.05, 4.69) is 10.1 Å². The molecule has 0 heterocycles. The van der Waals surface area contributed by atoms with Crippen molar-refractivity contribution >= 4 is 11.7 Å². The van der Waals surface area contributed by atoms with Gasteiger partial charge in [0.05, 0.1) is 26.4 Å². The van der Waals surface area contributed by atoms with Crippen LogP contribution >= 0.6 is 0 Å². The Morgan fingerprint density at radius 3 is 2.42 bits per heavy atom. The predicted molar refractivity (Wildman–Crippen MR) is 73.2 cm³/mol. The second-order valence-electron chi connectivity index (χ2n) is 4.02. The first-order valence-corrected chi connectivity index (χ1v) is 5.91.